The van der Waals surface area contributed by atoms with Crippen LogP contribution in [0.4, 0.5) is 5.69 Å². The maximum Gasteiger partial charge on any atom is 0.294 e. The Hall–Kier alpha value is -4.83. The van der Waals surface area contributed by atoms with Crippen LogP contribution in [0.1, 0.15) is 15.9 Å². The number of carbonyl (C=O) groups excluding carboxylic acids is 1. The molecule has 0 aliphatic carbocycles. The molecule has 0 N–H and O–H groups in total. The van der Waals surface area contributed by atoms with Gasteiger partial charge in [-0.15, -0.1) is 5.10 Å². The van der Waals surface area contributed by atoms with Gasteiger partial charge in [0.05, 0.1) is 25.8 Å². The lowest BCUT2D eigenvalue weighted by Crippen LogP contribution is -2.26. The minimum Gasteiger partial charge on any atom is -0.496 e. The number of imidazole rings is 1. The average molecular weight is 541 g/mol. The molecule has 0 spiro atoms. The number of hydrogen-bond acceptors (Lipinski definition) is 8. The predicted octanol–water partition coefficient (Wildman–Crippen LogP) is 6.08. The zero-order valence-corrected chi connectivity index (χ0v) is 22.3. The van der Waals surface area contributed by atoms with E-state index in [4.69, 9.17) is 18.6 Å². The molecule has 0 aliphatic heterocycles. The molecule has 0 unspecified atom stereocenters. The van der Waals surface area contributed by atoms with Crippen LogP contribution in [0.2, 0.25) is 0 Å². The van der Waals surface area contributed by atoms with Gasteiger partial charge in [0.1, 0.15) is 29.4 Å². The molecule has 0 bridgehead atoms. The van der Waals surface area contributed by atoms with Crippen LogP contribution in [0.15, 0.2) is 83.4 Å². The fourth-order valence-electron chi connectivity index (χ4n) is 4.24. The number of fused-ring (bicyclic) bond motifs is 2. The molecule has 39 heavy (non-hydrogen) atoms. The fourth-order valence-corrected chi connectivity index (χ4v) is 4.94. The van der Waals surface area contributed by atoms with Gasteiger partial charge in [-0.25, -0.2) is 9.50 Å². The summed E-state index contributed by atoms with van der Waals surface area (Å²) in [7, 11) is 4.94. The number of benzene rings is 3. The number of furan rings is 1. The number of methoxy groups -OCH3 is 2. The van der Waals surface area contributed by atoms with Crippen molar-refractivity contribution in [1.82, 2.24) is 14.6 Å². The van der Waals surface area contributed by atoms with Crippen molar-refractivity contribution in [3.63, 3.8) is 0 Å². The van der Waals surface area contributed by atoms with Crippen LogP contribution in [0.3, 0.4) is 0 Å². The quantitative estimate of drug-likeness (QED) is 0.231. The van der Waals surface area contributed by atoms with Crippen LogP contribution in [-0.4, -0.2) is 41.8 Å². The van der Waals surface area contributed by atoms with Gasteiger partial charge in [0, 0.05) is 30.4 Å². The Labute approximate surface area is 227 Å². The van der Waals surface area contributed by atoms with Gasteiger partial charge in [-0.05, 0) is 47.2 Å². The van der Waals surface area contributed by atoms with Gasteiger partial charge in [-0.2, -0.15) is 0 Å². The molecular formula is C29H24N4O5S. The van der Waals surface area contributed by atoms with E-state index >= 15 is 0 Å². The van der Waals surface area contributed by atoms with Gasteiger partial charge in [-0.1, -0.05) is 30.3 Å². The molecule has 6 rings (SSSR count). The summed E-state index contributed by atoms with van der Waals surface area (Å²) in [6.07, 6.45) is 1.79. The maximum absolute atomic E-state index is 12.9. The van der Waals surface area contributed by atoms with Crippen LogP contribution in [0, 0.1) is 0 Å². The lowest BCUT2D eigenvalue weighted by Gasteiger charge is -2.18. The molecular weight excluding hydrogens is 516 g/mol. The summed E-state index contributed by atoms with van der Waals surface area (Å²) in [6, 6.07) is 22.5. The number of anilines is 1. The highest BCUT2D eigenvalue weighted by atomic mass is 32.1. The third-order valence-electron chi connectivity index (χ3n) is 6.28. The molecule has 3 aromatic heterocycles. The van der Waals surface area contributed by atoms with Gasteiger partial charge in [0.15, 0.2) is 5.76 Å². The van der Waals surface area contributed by atoms with Crippen molar-refractivity contribution < 1.29 is 23.4 Å². The first-order valence-corrected chi connectivity index (χ1v) is 12.9. The second kappa shape index (κ2) is 10.1. The van der Waals surface area contributed by atoms with E-state index in [1.165, 1.54) is 11.3 Å². The van der Waals surface area contributed by atoms with Crippen molar-refractivity contribution in [3.8, 4) is 28.1 Å². The molecule has 0 atom stereocenters. The molecule has 6 aromatic rings. The van der Waals surface area contributed by atoms with Crippen molar-refractivity contribution in [2.24, 2.45) is 0 Å². The summed E-state index contributed by atoms with van der Waals surface area (Å²) in [5, 5.41) is 5.65. The molecule has 9 nitrogen and oxygen atoms in total. The Bertz CT molecular complexity index is 1760. The molecule has 3 aromatic carbocycles. The van der Waals surface area contributed by atoms with E-state index in [1.807, 2.05) is 60.7 Å². The summed E-state index contributed by atoms with van der Waals surface area (Å²) in [5.41, 5.74) is 3.58. The van der Waals surface area contributed by atoms with Crippen molar-refractivity contribution in [3.05, 3.63) is 90.1 Å². The number of hydrogen-bond donors (Lipinski definition) is 0. The second-order valence-electron chi connectivity index (χ2n) is 8.76. The van der Waals surface area contributed by atoms with E-state index in [0.29, 0.717) is 44.3 Å². The fraction of sp³-hybridized carbons (Fsp3) is 0.138. The van der Waals surface area contributed by atoms with Crippen LogP contribution >= 0.6 is 11.3 Å². The molecule has 196 valence electrons. The lowest BCUT2D eigenvalue weighted by molar-refractivity contribution is 0.0993. The molecule has 0 radical (unpaired) electrons. The summed E-state index contributed by atoms with van der Waals surface area (Å²) in [5.74, 6) is 1.72. The number of nitrogens with zero attached hydrogens (tertiary/aromatic N) is 4. The van der Waals surface area contributed by atoms with Crippen LogP contribution in [0.5, 0.6) is 16.7 Å². The summed E-state index contributed by atoms with van der Waals surface area (Å²) < 4.78 is 24.7. The lowest BCUT2D eigenvalue weighted by atomic mass is 10.1. The Morgan fingerprint density at radius 1 is 1.03 bits per heavy atom. The SMILES string of the molecule is COc1cc(OCc2cccc(N(C)C(=O)c3ccccc3)c2)c2cc(-c3cn4nc(OC)sc4n3)oc2c1. The zero-order chi connectivity index (χ0) is 26.9. The zero-order valence-electron chi connectivity index (χ0n) is 21.5. The highest BCUT2D eigenvalue weighted by molar-refractivity contribution is 7.18. The van der Waals surface area contributed by atoms with E-state index in [0.717, 1.165) is 16.6 Å². The van der Waals surface area contributed by atoms with Crippen molar-refractivity contribution in [2.45, 2.75) is 6.61 Å². The number of carbonyl (C=O) groups is 1. The topological polar surface area (TPSA) is 91.3 Å². The molecule has 0 saturated heterocycles. The highest BCUT2D eigenvalue weighted by Crippen LogP contribution is 2.37. The summed E-state index contributed by atoms with van der Waals surface area (Å²) in [6.45, 7) is 0.286. The predicted molar refractivity (Wildman–Crippen MR) is 149 cm³/mol. The smallest absolute Gasteiger partial charge is 0.294 e. The number of aromatic nitrogens is 3. The number of ether oxygens (including phenoxy) is 3. The third-order valence-corrected chi connectivity index (χ3v) is 7.16. The molecule has 0 fully saturated rings. The Morgan fingerprint density at radius 2 is 1.87 bits per heavy atom. The molecule has 0 saturated carbocycles. The maximum atomic E-state index is 12.9. The van der Waals surface area contributed by atoms with E-state index in [1.54, 1.807) is 49.0 Å². The Kier molecular flexibility index (Phi) is 6.37. The monoisotopic (exact) mass is 540 g/mol. The second-order valence-corrected chi connectivity index (χ2v) is 9.68. The van der Waals surface area contributed by atoms with E-state index in [9.17, 15) is 4.79 Å². The van der Waals surface area contributed by atoms with Gasteiger partial charge < -0.3 is 23.5 Å². The van der Waals surface area contributed by atoms with Crippen molar-refractivity contribution in [1.29, 1.82) is 0 Å². The van der Waals surface area contributed by atoms with Crippen LogP contribution in [0.25, 0.3) is 27.4 Å². The van der Waals surface area contributed by atoms with Crippen molar-refractivity contribution in [2.75, 3.05) is 26.2 Å². The van der Waals surface area contributed by atoms with E-state index in [-0.39, 0.29) is 12.5 Å². The van der Waals surface area contributed by atoms with Gasteiger partial charge in [0.25, 0.3) is 11.1 Å². The number of amides is 1. The standard InChI is InChI=1S/C29H24N4O5S/c1-32(27(34)19-9-5-4-6-10-19)20-11-7-8-18(12-20)17-37-24-13-21(35-2)14-25-22(24)15-26(38-25)23-16-33-28(30-23)39-29(31-33)36-3/h4-16H,17H2,1-3H3. The molecule has 10 heteroatoms. The minimum absolute atomic E-state index is 0.0816. The van der Waals surface area contributed by atoms with Gasteiger partial charge in [0.2, 0.25) is 4.96 Å². The average Bonchev–Trinajstić information content (AvgIpc) is 3.69. The summed E-state index contributed by atoms with van der Waals surface area (Å²) in [4.78, 5) is 19.8. The largest absolute Gasteiger partial charge is 0.496 e. The Morgan fingerprint density at radius 3 is 2.64 bits per heavy atom. The molecule has 0 aliphatic rings. The van der Waals surface area contributed by atoms with Gasteiger partial charge >= 0.3 is 0 Å². The summed E-state index contributed by atoms with van der Waals surface area (Å²) >= 11 is 1.35. The van der Waals surface area contributed by atoms with Crippen molar-refractivity contribution >= 4 is 38.9 Å². The first-order chi connectivity index (χ1) is 19.0. The minimum atomic E-state index is -0.0816. The normalized spacial score (nSPS) is 11.2. The first kappa shape index (κ1) is 24.5. The van der Waals surface area contributed by atoms with E-state index < -0.39 is 0 Å². The third kappa shape index (κ3) is 4.77. The van der Waals surface area contributed by atoms with E-state index in [2.05, 4.69) is 10.1 Å². The first-order valence-electron chi connectivity index (χ1n) is 12.1. The van der Waals surface area contributed by atoms with Crippen LogP contribution < -0.4 is 19.1 Å². The van der Waals surface area contributed by atoms with Crippen LogP contribution in [-0.2, 0) is 6.61 Å². The molecule has 3 heterocycles. The number of rotatable bonds is 8. The highest BCUT2D eigenvalue weighted by Gasteiger charge is 2.18. The molecule has 1 amide bonds. The van der Waals surface area contributed by atoms with Gasteiger partial charge in [-0.3, -0.25) is 4.79 Å². The Balaban J connectivity index is 1.26.